The molecule has 6 heavy (non-hydrogen) atoms. The first kappa shape index (κ1) is 9.28. The molecule has 36 valence electrons. The van der Waals surface area contributed by atoms with Crippen LogP contribution in [0.2, 0.25) is 0 Å². The molecule has 0 aromatic heterocycles. The molecule has 0 fully saturated rings. The molecule has 0 radical (unpaired) electrons. The van der Waals surface area contributed by atoms with E-state index in [9.17, 15) is 0 Å². The van der Waals surface area contributed by atoms with E-state index in [2.05, 4.69) is 18.8 Å². The van der Waals surface area contributed by atoms with Crippen LogP contribution in [0.1, 0.15) is 0 Å². The van der Waals surface area contributed by atoms with E-state index >= 15 is 0 Å². The van der Waals surface area contributed by atoms with Crippen molar-refractivity contribution >= 4 is 10.9 Å². The highest BCUT2D eigenvalue weighted by Gasteiger charge is 1.77. The summed E-state index contributed by atoms with van der Waals surface area (Å²) in [6.45, 7) is 4.75. The van der Waals surface area contributed by atoms with Gasteiger partial charge in [-0.3, -0.25) is 0 Å². The minimum atomic E-state index is 0.639. The Bertz CT molecular complexity index is 29.0. The van der Waals surface area contributed by atoms with Gasteiger partial charge in [0.25, 0.3) is 0 Å². The van der Waals surface area contributed by atoms with Gasteiger partial charge in [-0.25, -0.2) is 0 Å². The van der Waals surface area contributed by atoms with Crippen LogP contribution in [0.25, 0.3) is 0 Å². The largest absolute Gasteiger partial charge is 0.512 e. The van der Waals surface area contributed by atoms with Crippen LogP contribution in [0, 0.1) is 11.8 Å². The average Bonchev–Trinajstić information content (AvgIpc) is 1.41. The van der Waals surface area contributed by atoms with Gasteiger partial charge in [0.05, 0.1) is 18.8 Å². The molecule has 0 rings (SSSR count). The van der Waals surface area contributed by atoms with Gasteiger partial charge in [-0.05, 0) is 10.9 Å². The maximum atomic E-state index is 6.25. The molecule has 0 bridgehead atoms. The van der Waals surface area contributed by atoms with Gasteiger partial charge in [0, 0.05) is 0 Å². The fourth-order valence-corrected chi connectivity index (χ4v) is 0. The second-order valence-electron chi connectivity index (χ2n) is 1.22. The summed E-state index contributed by atoms with van der Waals surface area (Å²) in [5, 5.41) is 6.25. The van der Waals surface area contributed by atoms with E-state index in [-0.39, 0.29) is 0 Å². The molecule has 0 N–H and O–H groups in total. The number of rotatable bonds is 0. The maximum Gasteiger partial charge on any atom is 0.0969 e. The van der Waals surface area contributed by atoms with Crippen molar-refractivity contribution in [3.63, 3.8) is 0 Å². The summed E-state index contributed by atoms with van der Waals surface area (Å²) in [5.41, 5.74) is 0. The third-order valence-corrected chi connectivity index (χ3v) is 0. The Labute approximate surface area is 42.3 Å². The van der Waals surface area contributed by atoms with E-state index in [0.717, 1.165) is 0 Å². The molecule has 2 heteroatoms. The fourth-order valence-electron chi connectivity index (χ4n) is 0. The standard InChI is InChI=1S/C3H9S.CN/c1-4(2)3;1-2/h1-3H3;/q+1;-1. The smallest absolute Gasteiger partial charge is 0.0969 e. The van der Waals surface area contributed by atoms with Crippen molar-refractivity contribution in [3.05, 3.63) is 6.57 Å². The summed E-state index contributed by atoms with van der Waals surface area (Å²) in [7, 11) is 0.639. The third kappa shape index (κ3) is 1210. The Morgan fingerprint density at radius 2 is 1.17 bits per heavy atom. The van der Waals surface area contributed by atoms with Gasteiger partial charge in [0.1, 0.15) is 0 Å². The summed E-state index contributed by atoms with van der Waals surface area (Å²) in [4.78, 5) is 0. The van der Waals surface area contributed by atoms with Gasteiger partial charge in [0.2, 0.25) is 0 Å². The van der Waals surface area contributed by atoms with Crippen LogP contribution in [0.3, 0.4) is 0 Å². The van der Waals surface area contributed by atoms with Gasteiger partial charge in [-0.2, -0.15) is 0 Å². The van der Waals surface area contributed by atoms with Gasteiger partial charge in [-0.15, -0.1) is 0 Å². The highest BCUT2D eigenvalue weighted by atomic mass is 32.2. The van der Waals surface area contributed by atoms with Crippen molar-refractivity contribution in [2.24, 2.45) is 0 Å². The molecule has 1 nitrogen and oxygen atoms in total. The van der Waals surface area contributed by atoms with Gasteiger partial charge in [0.15, 0.2) is 0 Å². The average molecular weight is 103 g/mol. The third-order valence-electron chi connectivity index (χ3n) is 0. The summed E-state index contributed by atoms with van der Waals surface area (Å²) in [6.07, 6.45) is 6.58. The molecule has 0 amide bonds. The molecule has 0 aliphatic rings. The lowest BCUT2D eigenvalue weighted by Crippen LogP contribution is -1.84. The SMILES string of the molecule is C[S+](C)C.[C-]#N. The zero-order valence-corrected chi connectivity index (χ0v) is 5.17. The quantitative estimate of drug-likeness (QED) is 0.325. The zero-order chi connectivity index (χ0) is 5.58. The molecule has 0 spiro atoms. The summed E-state index contributed by atoms with van der Waals surface area (Å²) in [6, 6.07) is 0. The molecule has 0 aliphatic carbocycles. The first-order chi connectivity index (χ1) is 2.73. The molecular formula is C4H9NS. The maximum absolute atomic E-state index is 6.25. The van der Waals surface area contributed by atoms with Crippen molar-refractivity contribution in [3.8, 4) is 0 Å². The molecule has 0 saturated heterocycles. The fraction of sp³-hybridized carbons (Fsp3) is 0.750. The van der Waals surface area contributed by atoms with Crippen LogP contribution in [-0.4, -0.2) is 18.8 Å². The topological polar surface area (TPSA) is 23.8 Å². The highest BCUT2D eigenvalue weighted by Crippen LogP contribution is 1.63. The van der Waals surface area contributed by atoms with Gasteiger partial charge < -0.3 is 11.8 Å². The lowest BCUT2D eigenvalue weighted by molar-refractivity contribution is 1.53. The Morgan fingerprint density at radius 1 is 1.17 bits per heavy atom. The van der Waals surface area contributed by atoms with E-state index in [1.165, 1.54) is 0 Å². The minimum absolute atomic E-state index is 0.639. The first-order valence-electron chi connectivity index (χ1n) is 1.45. The molecule has 0 unspecified atom stereocenters. The van der Waals surface area contributed by atoms with Crippen LogP contribution in [-0.2, 0) is 10.9 Å². The van der Waals surface area contributed by atoms with Gasteiger partial charge in [-0.1, -0.05) is 0 Å². The molecule has 0 atom stereocenters. The predicted molar refractivity (Wildman–Crippen MR) is 30.1 cm³/mol. The van der Waals surface area contributed by atoms with Crippen molar-refractivity contribution in [2.75, 3.05) is 18.8 Å². The Hall–Kier alpha value is -0.160. The second-order valence-corrected chi connectivity index (χ2v) is 3.67. The molecule has 0 heterocycles. The predicted octanol–water partition coefficient (Wildman–Crippen LogP) is 0.590. The zero-order valence-electron chi connectivity index (χ0n) is 4.36. The van der Waals surface area contributed by atoms with Crippen LogP contribution >= 0.6 is 0 Å². The van der Waals surface area contributed by atoms with E-state index in [0.29, 0.717) is 10.9 Å². The number of nitrogens with zero attached hydrogens (tertiary/aromatic N) is 1. The Balaban J connectivity index is 0. The molecule has 0 aromatic rings. The minimum Gasteiger partial charge on any atom is -0.512 e. The number of hydrogen-bond acceptors (Lipinski definition) is 1. The van der Waals surface area contributed by atoms with Crippen molar-refractivity contribution in [2.45, 2.75) is 0 Å². The molecule has 0 aliphatic heterocycles. The Morgan fingerprint density at radius 3 is 1.17 bits per heavy atom. The van der Waals surface area contributed by atoms with E-state index in [4.69, 9.17) is 11.8 Å². The van der Waals surface area contributed by atoms with Crippen LogP contribution in [0.4, 0.5) is 0 Å². The lowest BCUT2D eigenvalue weighted by Gasteiger charge is -1.69. The van der Waals surface area contributed by atoms with E-state index < -0.39 is 0 Å². The van der Waals surface area contributed by atoms with Crippen molar-refractivity contribution < 1.29 is 0 Å². The van der Waals surface area contributed by atoms with E-state index in [1.807, 2.05) is 0 Å². The highest BCUT2D eigenvalue weighted by molar-refractivity contribution is 7.94. The summed E-state index contributed by atoms with van der Waals surface area (Å²) >= 11 is 0. The van der Waals surface area contributed by atoms with Crippen molar-refractivity contribution in [1.82, 2.24) is 0 Å². The monoisotopic (exact) mass is 103 g/mol. The van der Waals surface area contributed by atoms with Crippen molar-refractivity contribution in [1.29, 1.82) is 5.26 Å². The van der Waals surface area contributed by atoms with Crippen LogP contribution in [0.5, 0.6) is 0 Å². The van der Waals surface area contributed by atoms with Gasteiger partial charge >= 0.3 is 0 Å². The normalized spacial score (nSPS) is 6.33. The summed E-state index contributed by atoms with van der Waals surface area (Å²) < 4.78 is 0. The first-order valence-corrected chi connectivity index (χ1v) is 3.90. The lowest BCUT2D eigenvalue weighted by atomic mass is 11.9. The van der Waals surface area contributed by atoms with Crippen LogP contribution in [0.15, 0.2) is 0 Å². The molecule has 0 saturated carbocycles. The number of hydrogen-bond donors (Lipinski definition) is 0. The molecule has 0 aromatic carbocycles. The Kier molecular flexibility index (Phi) is 13.7. The summed E-state index contributed by atoms with van der Waals surface area (Å²) in [5.74, 6) is 0. The molecular weight excluding hydrogens is 94.1 g/mol. The van der Waals surface area contributed by atoms with Crippen LogP contribution < -0.4 is 0 Å². The second kappa shape index (κ2) is 8.85. The van der Waals surface area contributed by atoms with E-state index in [1.54, 1.807) is 0 Å².